The zero-order chi connectivity index (χ0) is 19.8. The van der Waals surface area contributed by atoms with Gasteiger partial charge in [0.15, 0.2) is 11.5 Å². The van der Waals surface area contributed by atoms with Crippen LogP contribution in [0.2, 0.25) is 0 Å². The van der Waals surface area contributed by atoms with Crippen LogP contribution in [0.1, 0.15) is 54.7 Å². The molecule has 6 heteroatoms. The van der Waals surface area contributed by atoms with Gasteiger partial charge in [-0.2, -0.15) is 0 Å². The first kappa shape index (κ1) is 23.8. The summed E-state index contributed by atoms with van der Waals surface area (Å²) < 4.78 is 11.3. The largest absolute Gasteiger partial charge is 0.493 e. The van der Waals surface area contributed by atoms with Gasteiger partial charge in [-0.25, -0.2) is 0 Å². The van der Waals surface area contributed by atoms with E-state index in [-0.39, 0.29) is 24.4 Å². The zero-order valence-corrected chi connectivity index (χ0v) is 17.8. The van der Waals surface area contributed by atoms with Crippen LogP contribution in [0.3, 0.4) is 0 Å². The van der Waals surface area contributed by atoms with Gasteiger partial charge < -0.3 is 20.5 Å². The highest BCUT2D eigenvalue weighted by Gasteiger charge is 2.14. The molecule has 0 heterocycles. The van der Waals surface area contributed by atoms with Crippen LogP contribution in [0, 0.1) is 5.92 Å². The second-order valence-electron chi connectivity index (χ2n) is 7.04. The minimum Gasteiger partial charge on any atom is -0.493 e. The molecule has 0 spiro atoms. The van der Waals surface area contributed by atoms with E-state index < -0.39 is 0 Å². The van der Waals surface area contributed by atoms with Crippen molar-refractivity contribution < 1.29 is 14.3 Å². The number of ether oxygens (including phenoxy) is 2. The molecule has 0 aliphatic heterocycles. The molecule has 2 aromatic rings. The molecular weight excluding hydrogens is 376 g/mol. The normalized spacial score (nSPS) is 11.5. The highest BCUT2D eigenvalue weighted by molar-refractivity contribution is 5.94. The molecule has 0 fully saturated rings. The summed E-state index contributed by atoms with van der Waals surface area (Å²) in [6, 6.07) is 12.9. The Kier molecular flexibility index (Phi) is 9.83. The molecule has 2 aromatic carbocycles. The monoisotopic (exact) mass is 406 g/mol. The molecule has 154 valence electrons. The summed E-state index contributed by atoms with van der Waals surface area (Å²) in [5.74, 6) is 1.86. The van der Waals surface area contributed by atoms with Crippen molar-refractivity contribution in [3.63, 3.8) is 0 Å². The second-order valence-corrected chi connectivity index (χ2v) is 7.04. The van der Waals surface area contributed by atoms with Gasteiger partial charge in [0.05, 0.1) is 19.8 Å². The van der Waals surface area contributed by atoms with E-state index in [4.69, 9.17) is 15.2 Å². The first-order valence-corrected chi connectivity index (χ1v) is 9.35. The van der Waals surface area contributed by atoms with Crippen LogP contribution in [0.15, 0.2) is 42.5 Å². The number of amides is 1. The van der Waals surface area contributed by atoms with Crippen LogP contribution in [-0.4, -0.2) is 19.6 Å². The van der Waals surface area contributed by atoms with E-state index in [1.54, 1.807) is 19.2 Å². The Morgan fingerprint density at radius 3 is 2.32 bits per heavy atom. The number of hydrogen-bond donors (Lipinski definition) is 2. The van der Waals surface area contributed by atoms with E-state index in [9.17, 15) is 4.79 Å². The predicted molar refractivity (Wildman–Crippen MR) is 115 cm³/mol. The SMILES string of the molecule is COc1cc(C(C)NC(=O)c2ccc(CN)cc2)ccc1OCCC(C)C.Cl. The first-order valence-electron chi connectivity index (χ1n) is 9.35. The van der Waals surface area contributed by atoms with E-state index in [0.29, 0.717) is 30.4 Å². The van der Waals surface area contributed by atoms with Gasteiger partial charge in [0, 0.05) is 12.1 Å². The molecule has 0 bridgehead atoms. The Hall–Kier alpha value is -2.24. The van der Waals surface area contributed by atoms with Crippen molar-refractivity contribution >= 4 is 18.3 Å². The van der Waals surface area contributed by atoms with Crippen LogP contribution >= 0.6 is 12.4 Å². The molecule has 5 nitrogen and oxygen atoms in total. The van der Waals surface area contributed by atoms with Gasteiger partial charge in [-0.1, -0.05) is 32.0 Å². The molecule has 1 unspecified atom stereocenters. The summed E-state index contributed by atoms with van der Waals surface area (Å²) in [5.41, 5.74) is 8.16. The predicted octanol–water partition coefficient (Wildman–Crippen LogP) is 4.49. The van der Waals surface area contributed by atoms with Crippen LogP contribution in [0.25, 0.3) is 0 Å². The minimum absolute atomic E-state index is 0. The molecule has 2 rings (SSSR count). The van der Waals surface area contributed by atoms with Crippen LogP contribution in [-0.2, 0) is 6.54 Å². The third-order valence-electron chi connectivity index (χ3n) is 4.44. The average Bonchev–Trinajstić information content (AvgIpc) is 2.67. The number of halogens is 1. The molecule has 1 atom stereocenters. The minimum atomic E-state index is -0.162. The van der Waals surface area contributed by atoms with Crippen molar-refractivity contribution in [3.05, 3.63) is 59.2 Å². The molecular formula is C22H31ClN2O3. The maximum atomic E-state index is 12.5. The van der Waals surface area contributed by atoms with Crippen molar-refractivity contribution in [3.8, 4) is 11.5 Å². The van der Waals surface area contributed by atoms with Crippen molar-refractivity contribution in [2.75, 3.05) is 13.7 Å². The molecule has 0 saturated heterocycles. The van der Waals surface area contributed by atoms with Crippen molar-refractivity contribution in [2.24, 2.45) is 11.7 Å². The van der Waals surface area contributed by atoms with E-state index >= 15 is 0 Å². The van der Waals surface area contributed by atoms with Crippen LogP contribution < -0.4 is 20.5 Å². The fraction of sp³-hybridized carbons (Fsp3) is 0.409. The number of hydrogen-bond acceptors (Lipinski definition) is 4. The molecule has 0 aliphatic rings. The van der Waals surface area contributed by atoms with E-state index in [1.165, 1.54) is 0 Å². The van der Waals surface area contributed by atoms with E-state index in [1.807, 2.05) is 37.3 Å². The molecule has 3 N–H and O–H groups in total. The van der Waals surface area contributed by atoms with Crippen LogP contribution in [0.5, 0.6) is 11.5 Å². The summed E-state index contributed by atoms with van der Waals surface area (Å²) in [5, 5.41) is 3.01. The van der Waals surface area contributed by atoms with Crippen molar-refractivity contribution in [2.45, 2.75) is 39.8 Å². The van der Waals surface area contributed by atoms with Crippen molar-refractivity contribution in [1.82, 2.24) is 5.32 Å². The lowest BCUT2D eigenvalue weighted by atomic mass is 10.1. The van der Waals surface area contributed by atoms with Gasteiger partial charge in [-0.15, -0.1) is 12.4 Å². The Morgan fingerprint density at radius 2 is 1.75 bits per heavy atom. The maximum absolute atomic E-state index is 12.5. The highest BCUT2D eigenvalue weighted by atomic mass is 35.5. The third-order valence-corrected chi connectivity index (χ3v) is 4.44. The van der Waals surface area contributed by atoms with Gasteiger partial charge >= 0.3 is 0 Å². The molecule has 1 amide bonds. The average molecular weight is 407 g/mol. The maximum Gasteiger partial charge on any atom is 0.251 e. The number of nitrogens with two attached hydrogens (primary N) is 1. The number of nitrogens with one attached hydrogen (secondary N) is 1. The van der Waals surface area contributed by atoms with Gasteiger partial charge in [0.1, 0.15) is 0 Å². The van der Waals surface area contributed by atoms with E-state index in [0.717, 1.165) is 23.3 Å². The lowest BCUT2D eigenvalue weighted by Gasteiger charge is -2.17. The number of methoxy groups -OCH3 is 1. The summed E-state index contributed by atoms with van der Waals surface area (Å²) in [6.45, 7) is 7.39. The van der Waals surface area contributed by atoms with Gasteiger partial charge in [0.2, 0.25) is 0 Å². The summed E-state index contributed by atoms with van der Waals surface area (Å²) in [7, 11) is 1.62. The highest BCUT2D eigenvalue weighted by Crippen LogP contribution is 2.30. The topological polar surface area (TPSA) is 73.6 Å². The summed E-state index contributed by atoms with van der Waals surface area (Å²) in [4.78, 5) is 12.5. The Balaban J connectivity index is 0.00000392. The second kappa shape index (κ2) is 11.6. The molecule has 28 heavy (non-hydrogen) atoms. The fourth-order valence-electron chi connectivity index (χ4n) is 2.63. The zero-order valence-electron chi connectivity index (χ0n) is 17.0. The number of benzene rings is 2. The lowest BCUT2D eigenvalue weighted by molar-refractivity contribution is 0.0940. The first-order chi connectivity index (χ1) is 12.9. The van der Waals surface area contributed by atoms with Crippen LogP contribution in [0.4, 0.5) is 0 Å². The van der Waals surface area contributed by atoms with Crippen molar-refractivity contribution in [1.29, 1.82) is 0 Å². The molecule has 0 radical (unpaired) electrons. The Labute approximate surface area is 174 Å². The number of carbonyl (C=O) groups is 1. The molecule has 0 saturated carbocycles. The third kappa shape index (κ3) is 6.73. The molecule has 0 aliphatic carbocycles. The fourth-order valence-corrected chi connectivity index (χ4v) is 2.63. The lowest BCUT2D eigenvalue weighted by Crippen LogP contribution is -2.26. The van der Waals surface area contributed by atoms with Gasteiger partial charge in [0.25, 0.3) is 5.91 Å². The Bertz CT molecular complexity index is 748. The quantitative estimate of drug-likeness (QED) is 0.643. The number of rotatable bonds is 9. The van der Waals surface area contributed by atoms with E-state index in [2.05, 4.69) is 19.2 Å². The summed E-state index contributed by atoms with van der Waals surface area (Å²) in [6.07, 6.45) is 0.986. The summed E-state index contributed by atoms with van der Waals surface area (Å²) >= 11 is 0. The van der Waals surface area contributed by atoms with Gasteiger partial charge in [-0.05, 0) is 54.7 Å². The number of carbonyl (C=O) groups excluding carboxylic acids is 1. The smallest absolute Gasteiger partial charge is 0.251 e. The Morgan fingerprint density at radius 1 is 1.07 bits per heavy atom. The van der Waals surface area contributed by atoms with Gasteiger partial charge in [-0.3, -0.25) is 4.79 Å². The molecule has 0 aromatic heterocycles. The standard InChI is InChI=1S/C22H30N2O3.ClH/c1-15(2)11-12-27-20-10-9-19(13-21(20)26-4)16(3)24-22(25)18-7-5-17(14-23)6-8-18;/h5-10,13,15-16H,11-12,14,23H2,1-4H3,(H,24,25);1H.